The second kappa shape index (κ2) is 7.78. The maximum Gasteiger partial charge on any atom is 0.272 e. The van der Waals surface area contributed by atoms with E-state index in [-0.39, 0.29) is 17.6 Å². The molecule has 2 aromatic carbocycles. The Labute approximate surface area is 158 Å². The molecule has 6 heteroatoms. The maximum atomic E-state index is 13.2. The minimum Gasteiger partial charge on any atom is -0.497 e. The zero-order chi connectivity index (χ0) is 19.6. The van der Waals surface area contributed by atoms with Crippen LogP contribution >= 0.6 is 0 Å². The van der Waals surface area contributed by atoms with Crippen LogP contribution in [0.4, 0.5) is 5.69 Å². The fraction of sp³-hybridized carbons (Fsp3) is 0.381. The molecule has 1 aliphatic carbocycles. The van der Waals surface area contributed by atoms with Crippen molar-refractivity contribution in [3.63, 3.8) is 0 Å². The van der Waals surface area contributed by atoms with Crippen molar-refractivity contribution < 1.29 is 14.5 Å². The topological polar surface area (TPSA) is 72.7 Å². The largest absolute Gasteiger partial charge is 0.497 e. The average molecular weight is 368 g/mol. The van der Waals surface area contributed by atoms with Gasteiger partial charge in [0.05, 0.1) is 12.0 Å². The molecule has 0 N–H and O–H groups in total. The van der Waals surface area contributed by atoms with Crippen LogP contribution in [0, 0.1) is 23.0 Å². The smallest absolute Gasteiger partial charge is 0.272 e. The standard InChI is InChI=1S/C21H24N2O4/c1-14-12-18(8-11-20(14)23(25)26)21(24)22(15(2)17-6-7-17)13-16-4-9-19(27-3)10-5-16/h4-5,8-12,15,17H,6-7,13H2,1-3H3/t15-/m0/s1. The monoisotopic (exact) mass is 368 g/mol. The number of hydrogen-bond acceptors (Lipinski definition) is 4. The van der Waals surface area contributed by atoms with E-state index in [2.05, 4.69) is 6.92 Å². The number of ether oxygens (including phenoxy) is 1. The molecule has 0 spiro atoms. The summed E-state index contributed by atoms with van der Waals surface area (Å²) in [7, 11) is 1.62. The van der Waals surface area contributed by atoms with Crippen molar-refractivity contribution >= 4 is 11.6 Å². The Bertz CT molecular complexity index is 844. The Morgan fingerprint density at radius 3 is 2.44 bits per heavy atom. The van der Waals surface area contributed by atoms with Gasteiger partial charge in [-0.05, 0) is 62.4 Å². The van der Waals surface area contributed by atoms with E-state index in [0.29, 0.717) is 23.6 Å². The molecule has 0 bridgehead atoms. The first-order chi connectivity index (χ1) is 12.9. The molecule has 0 unspecified atom stereocenters. The van der Waals surface area contributed by atoms with Crippen molar-refractivity contribution in [1.82, 2.24) is 4.90 Å². The van der Waals surface area contributed by atoms with Gasteiger partial charge in [-0.25, -0.2) is 0 Å². The third-order valence-electron chi connectivity index (χ3n) is 5.21. The van der Waals surface area contributed by atoms with E-state index in [1.165, 1.54) is 6.07 Å². The molecule has 3 rings (SSSR count). The normalized spacial score (nSPS) is 14.5. The number of methoxy groups -OCH3 is 1. The number of aryl methyl sites for hydroxylation is 1. The minimum atomic E-state index is -0.425. The van der Waals surface area contributed by atoms with Crippen molar-refractivity contribution in [2.45, 2.75) is 39.3 Å². The minimum absolute atomic E-state index is 0.0310. The van der Waals surface area contributed by atoms with Crippen LogP contribution in [0.15, 0.2) is 42.5 Å². The molecule has 0 heterocycles. The number of nitrogens with zero attached hydrogens (tertiary/aromatic N) is 2. The van der Waals surface area contributed by atoms with Crippen LogP contribution in [0.1, 0.15) is 41.3 Å². The molecular formula is C21H24N2O4. The third kappa shape index (κ3) is 4.27. The Morgan fingerprint density at radius 1 is 1.26 bits per heavy atom. The summed E-state index contributed by atoms with van der Waals surface area (Å²) >= 11 is 0. The molecule has 2 aromatic rings. The van der Waals surface area contributed by atoms with Gasteiger partial charge in [-0.2, -0.15) is 0 Å². The Kier molecular flexibility index (Phi) is 5.44. The second-order valence-corrected chi connectivity index (χ2v) is 7.12. The lowest BCUT2D eigenvalue weighted by atomic mass is 10.1. The molecular weight excluding hydrogens is 344 g/mol. The summed E-state index contributed by atoms with van der Waals surface area (Å²) in [6.45, 7) is 4.24. The molecule has 0 aromatic heterocycles. The SMILES string of the molecule is COc1ccc(CN(C(=O)c2ccc([N+](=O)[O-])c(C)c2)[C@@H](C)C2CC2)cc1. The molecule has 0 radical (unpaired) electrons. The van der Waals surface area contributed by atoms with Gasteiger partial charge < -0.3 is 9.64 Å². The Morgan fingerprint density at radius 2 is 1.93 bits per heavy atom. The number of hydrogen-bond donors (Lipinski definition) is 0. The first-order valence-corrected chi connectivity index (χ1v) is 9.09. The number of carbonyl (C=O) groups is 1. The highest BCUT2D eigenvalue weighted by Gasteiger charge is 2.34. The van der Waals surface area contributed by atoms with Crippen molar-refractivity contribution in [2.24, 2.45) is 5.92 Å². The molecule has 0 aliphatic heterocycles. The molecule has 27 heavy (non-hydrogen) atoms. The van der Waals surface area contributed by atoms with Crippen LogP contribution < -0.4 is 4.74 Å². The quantitative estimate of drug-likeness (QED) is 0.538. The first-order valence-electron chi connectivity index (χ1n) is 9.09. The molecule has 1 fully saturated rings. The summed E-state index contributed by atoms with van der Waals surface area (Å²) in [5, 5.41) is 11.0. The van der Waals surface area contributed by atoms with Crippen LogP contribution in [0.25, 0.3) is 0 Å². The molecule has 6 nitrogen and oxygen atoms in total. The second-order valence-electron chi connectivity index (χ2n) is 7.12. The van der Waals surface area contributed by atoms with Crippen LogP contribution in [0.3, 0.4) is 0 Å². The van der Waals surface area contributed by atoms with Crippen molar-refractivity contribution in [3.8, 4) is 5.75 Å². The van der Waals surface area contributed by atoms with Gasteiger partial charge >= 0.3 is 0 Å². The predicted molar refractivity (Wildman–Crippen MR) is 103 cm³/mol. The van der Waals surface area contributed by atoms with Gasteiger partial charge in [0.2, 0.25) is 0 Å². The van der Waals surface area contributed by atoms with E-state index in [1.807, 2.05) is 29.2 Å². The van der Waals surface area contributed by atoms with Crippen molar-refractivity contribution in [2.75, 3.05) is 7.11 Å². The summed E-state index contributed by atoms with van der Waals surface area (Å²) < 4.78 is 5.19. The number of rotatable bonds is 7. The van der Waals surface area contributed by atoms with E-state index < -0.39 is 4.92 Å². The lowest BCUT2D eigenvalue weighted by Crippen LogP contribution is -2.39. The van der Waals surface area contributed by atoms with Crippen LogP contribution in [-0.4, -0.2) is 28.9 Å². The summed E-state index contributed by atoms with van der Waals surface area (Å²) in [6, 6.07) is 12.4. The highest BCUT2D eigenvalue weighted by molar-refractivity contribution is 5.95. The molecule has 1 atom stereocenters. The molecule has 0 saturated heterocycles. The summed E-state index contributed by atoms with van der Waals surface area (Å²) in [5.74, 6) is 1.20. The lowest BCUT2D eigenvalue weighted by molar-refractivity contribution is -0.385. The van der Waals surface area contributed by atoms with Gasteiger partial charge in [0.1, 0.15) is 5.75 Å². The van der Waals surface area contributed by atoms with E-state index in [0.717, 1.165) is 24.2 Å². The average Bonchev–Trinajstić information content (AvgIpc) is 3.50. The summed E-state index contributed by atoms with van der Waals surface area (Å²) in [5.41, 5.74) is 2.03. The van der Waals surface area contributed by atoms with Crippen LogP contribution in [-0.2, 0) is 6.54 Å². The van der Waals surface area contributed by atoms with Crippen molar-refractivity contribution in [3.05, 3.63) is 69.3 Å². The molecule has 1 saturated carbocycles. The number of carbonyl (C=O) groups excluding carboxylic acids is 1. The van der Waals surface area contributed by atoms with E-state index in [4.69, 9.17) is 4.74 Å². The first kappa shape index (κ1) is 18.9. The number of benzene rings is 2. The highest BCUT2D eigenvalue weighted by atomic mass is 16.6. The zero-order valence-electron chi connectivity index (χ0n) is 15.8. The Balaban J connectivity index is 1.86. The van der Waals surface area contributed by atoms with E-state index in [1.54, 1.807) is 26.2 Å². The summed E-state index contributed by atoms with van der Waals surface area (Å²) in [6.07, 6.45) is 2.26. The Hall–Kier alpha value is -2.89. The van der Waals surface area contributed by atoms with Crippen LogP contribution in [0.5, 0.6) is 5.75 Å². The zero-order valence-corrected chi connectivity index (χ0v) is 15.8. The molecule has 1 aliphatic rings. The molecule has 142 valence electrons. The van der Waals surface area contributed by atoms with Gasteiger partial charge in [-0.15, -0.1) is 0 Å². The summed E-state index contributed by atoms with van der Waals surface area (Å²) in [4.78, 5) is 25.7. The number of nitro groups is 1. The van der Waals surface area contributed by atoms with Gasteiger partial charge in [-0.3, -0.25) is 14.9 Å². The van der Waals surface area contributed by atoms with E-state index >= 15 is 0 Å². The number of amides is 1. The lowest BCUT2D eigenvalue weighted by Gasteiger charge is -2.30. The molecule has 1 amide bonds. The van der Waals surface area contributed by atoms with E-state index in [9.17, 15) is 14.9 Å². The predicted octanol–water partition coefficient (Wildman–Crippen LogP) is 4.35. The van der Waals surface area contributed by atoms with Gasteiger partial charge in [0, 0.05) is 29.8 Å². The van der Waals surface area contributed by atoms with Gasteiger partial charge in [-0.1, -0.05) is 12.1 Å². The van der Waals surface area contributed by atoms with Crippen LogP contribution in [0.2, 0.25) is 0 Å². The fourth-order valence-electron chi connectivity index (χ4n) is 3.32. The highest BCUT2D eigenvalue weighted by Crippen LogP contribution is 2.36. The van der Waals surface area contributed by atoms with Gasteiger partial charge in [0.15, 0.2) is 0 Å². The maximum absolute atomic E-state index is 13.2. The fourth-order valence-corrected chi connectivity index (χ4v) is 3.32. The van der Waals surface area contributed by atoms with Gasteiger partial charge in [0.25, 0.3) is 11.6 Å². The third-order valence-corrected chi connectivity index (χ3v) is 5.21. The van der Waals surface area contributed by atoms with Crippen molar-refractivity contribution in [1.29, 1.82) is 0 Å². The number of nitro benzene ring substituents is 1.